The number of amides is 1. The molecule has 1 atom stereocenters. The monoisotopic (exact) mass is 237 g/mol. The van der Waals surface area contributed by atoms with E-state index < -0.39 is 5.97 Å². The number of carbonyl (C=O) groups excluding carboxylic acids is 1. The molecule has 1 saturated heterocycles. The largest absolute Gasteiger partial charge is 0.476 e. The molecule has 0 aromatic carbocycles. The van der Waals surface area contributed by atoms with E-state index in [0.717, 1.165) is 6.20 Å². The maximum atomic E-state index is 11.6. The Bertz CT molecular complexity index is 463. The fraction of sp³-hybridized carbons (Fsp3) is 0.400. The second-order valence-corrected chi connectivity index (χ2v) is 3.82. The molecule has 1 amide bonds. The molecule has 1 fully saturated rings. The standard InChI is InChI=1S/C10H11N3O4/c14-5-6-1-9(15)13(4-6)8-3-11-2-7(12-8)10(16)17/h2-3,6,14H,1,4-5H2,(H,16,17). The van der Waals surface area contributed by atoms with Crippen molar-refractivity contribution in [2.24, 2.45) is 5.92 Å². The second kappa shape index (κ2) is 4.46. The number of hydrogen-bond donors (Lipinski definition) is 2. The van der Waals surface area contributed by atoms with Crippen LogP contribution in [0.1, 0.15) is 16.9 Å². The molecule has 0 saturated carbocycles. The lowest BCUT2D eigenvalue weighted by molar-refractivity contribution is -0.117. The van der Waals surface area contributed by atoms with Gasteiger partial charge in [-0.1, -0.05) is 0 Å². The number of aliphatic hydroxyl groups is 1. The Morgan fingerprint density at radius 2 is 2.29 bits per heavy atom. The van der Waals surface area contributed by atoms with E-state index in [1.54, 1.807) is 0 Å². The Balaban J connectivity index is 2.25. The Morgan fingerprint density at radius 1 is 1.53 bits per heavy atom. The van der Waals surface area contributed by atoms with E-state index >= 15 is 0 Å². The highest BCUT2D eigenvalue weighted by atomic mass is 16.4. The van der Waals surface area contributed by atoms with E-state index in [2.05, 4.69) is 9.97 Å². The minimum absolute atomic E-state index is 0.0751. The van der Waals surface area contributed by atoms with Crippen LogP contribution in [0.25, 0.3) is 0 Å². The molecule has 1 aromatic rings. The highest BCUT2D eigenvalue weighted by Gasteiger charge is 2.31. The highest BCUT2D eigenvalue weighted by Crippen LogP contribution is 2.22. The Labute approximate surface area is 96.7 Å². The number of aromatic nitrogens is 2. The van der Waals surface area contributed by atoms with Crippen molar-refractivity contribution in [3.63, 3.8) is 0 Å². The van der Waals surface area contributed by atoms with Crippen LogP contribution in [0.5, 0.6) is 0 Å². The van der Waals surface area contributed by atoms with Crippen LogP contribution in [0.3, 0.4) is 0 Å². The van der Waals surface area contributed by atoms with Gasteiger partial charge >= 0.3 is 5.97 Å². The molecule has 2 rings (SSSR count). The summed E-state index contributed by atoms with van der Waals surface area (Å²) in [6.45, 7) is 0.265. The number of carboxylic acids is 1. The molecule has 2 N–H and O–H groups in total. The van der Waals surface area contributed by atoms with E-state index in [1.165, 1.54) is 11.1 Å². The Morgan fingerprint density at radius 3 is 2.88 bits per heavy atom. The number of rotatable bonds is 3. The maximum Gasteiger partial charge on any atom is 0.356 e. The van der Waals surface area contributed by atoms with E-state index in [4.69, 9.17) is 10.2 Å². The predicted molar refractivity (Wildman–Crippen MR) is 56.5 cm³/mol. The van der Waals surface area contributed by atoms with E-state index in [0.29, 0.717) is 6.54 Å². The van der Waals surface area contributed by atoms with Crippen LogP contribution in [0.15, 0.2) is 12.4 Å². The minimum atomic E-state index is -1.19. The van der Waals surface area contributed by atoms with Crippen LogP contribution in [0, 0.1) is 5.92 Å². The zero-order valence-corrected chi connectivity index (χ0v) is 8.91. The summed E-state index contributed by atoms with van der Waals surface area (Å²) in [6, 6.07) is 0. The quantitative estimate of drug-likeness (QED) is 0.735. The van der Waals surface area contributed by atoms with Gasteiger partial charge in [-0.15, -0.1) is 0 Å². The Hall–Kier alpha value is -2.02. The van der Waals surface area contributed by atoms with Crippen LogP contribution in [0.2, 0.25) is 0 Å². The minimum Gasteiger partial charge on any atom is -0.476 e. The summed E-state index contributed by atoms with van der Waals surface area (Å²) >= 11 is 0. The van der Waals surface area contributed by atoms with Crippen molar-refractivity contribution in [1.82, 2.24) is 9.97 Å². The molecule has 7 nitrogen and oxygen atoms in total. The van der Waals surface area contributed by atoms with E-state index in [9.17, 15) is 9.59 Å². The van der Waals surface area contributed by atoms with Crippen LogP contribution in [0.4, 0.5) is 5.82 Å². The summed E-state index contributed by atoms with van der Waals surface area (Å²) in [4.78, 5) is 31.3. The number of anilines is 1. The third-order valence-corrected chi connectivity index (χ3v) is 2.58. The molecule has 1 aromatic heterocycles. The first-order valence-corrected chi connectivity index (χ1v) is 5.08. The third-order valence-electron chi connectivity index (χ3n) is 2.58. The number of carbonyl (C=O) groups is 2. The molecule has 90 valence electrons. The average Bonchev–Trinajstić information content (AvgIpc) is 2.71. The molecule has 7 heteroatoms. The molecule has 0 spiro atoms. The third kappa shape index (κ3) is 2.23. The van der Waals surface area contributed by atoms with Gasteiger partial charge in [0.05, 0.1) is 12.4 Å². The molecular weight excluding hydrogens is 226 g/mol. The van der Waals surface area contributed by atoms with Crippen molar-refractivity contribution < 1.29 is 19.8 Å². The Kier molecular flexibility index (Phi) is 3.01. The van der Waals surface area contributed by atoms with Gasteiger partial charge in [0.25, 0.3) is 0 Å². The summed E-state index contributed by atoms with van der Waals surface area (Å²) in [7, 11) is 0. The van der Waals surface area contributed by atoms with Gasteiger partial charge in [0.15, 0.2) is 11.5 Å². The summed E-state index contributed by atoms with van der Waals surface area (Å²) in [5, 5.41) is 17.8. The summed E-state index contributed by atoms with van der Waals surface area (Å²) < 4.78 is 0. The number of aromatic carboxylic acids is 1. The van der Waals surface area contributed by atoms with E-state index in [1.807, 2.05) is 0 Å². The average molecular weight is 237 g/mol. The van der Waals surface area contributed by atoms with E-state index in [-0.39, 0.29) is 36.4 Å². The molecule has 0 aliphatic carbocycles. The van der Waals surface area contributed by atoms with Crippen molar-refractivity contribution >= 4 is 17.7 Å². The highest BCUT2D eigenvalue weighted by molar-refractivity contribution is 5.95. The second-order valence-electron chi connectivity index (χ2n) is 3.82. The van der Waals surface area contributed by atoms with Crippen LogP contribution in [-0.2, 0) is 4.79 Å². The summed E-state index contributed by atoms with van der Waals surface area (Å²) in [6.07, 6.45) is 2.70. The first-order valence-electron chi connectivity index (χ1n) is 5.08. The lowest BCUT2D eigenvalue weighted by Crippen LogP contribution is -2.26. The molecule has 0 radical (unpaired) electrons. The number of carboxylic acid groups (broad SMARTS) is 1. The van der Waals surface area contributed by atoms with Gasteiger partial charge in [0.1, 0.15) is 0 Å². The van der Waals surface area contributed by atoms with Crippen molar-refractivity contribution in [2.75, 3.05) is 18.1 Å². The van der Waals surface area contributed by atoms with Gasteiger partial charge < -0.3 is 10.2 Å². The molecule has 17 heavy (non-hydrogen) atoms. The van der Waals surface area contributed by atoms with Crippen molar-refractivity contribution in [2.45, 2.75) is 6.42 Å². The van der Waals surface area contributed by atoms with Crippen molar-refractivity contribution in [3.8, 4) is 0 Å². The normalized spacial score (nSPS) is 19.7. The van der Waals surface area contributed by atoms with Crippen LogP contribution < -0.4 is 4.90 Å². The summed E-state index contributed by atoms with van der Waals surface area (Å²) in [5.74, 6) is -1.28. The van der Waals surface area contributed by atoms with Gasteiger partial charge in [-0.25, -0.2) is 9.78 Å². The lowest BCUT2D eigenvalue weighted by atomic mass is 10.1. The van der Waals surface area contributed by atoms with Crippen LogP contribution in [-0.4, -0.2) is 45.2 Å². The first-order chi connectivity index (χ1) is 8.11. The molecule has 0 bridgehead atoms. The fourth-order valence-corrected chi connectivity index (χ4v) is 1.71. The molecular formula is C10H11N3O4. The molecule has 1 unspecified atom stereocenters. The fourth-order valence-electron chi connectivity index (χ4n) is 1.71. The maximum absolute atomic E-state index is 11.6. The van der Waals surface area contributed by atoms with Gasteiger partial charge in [-0.3, -0.25) is 14.7 Å². The van der Waals surface area contributed by atoms with Gasteiger partial charge in [-0.2, -0.15) is 0 Å². The number of aliphatic hydroxyl groups excluding tert-OH is 1. The zero-order valence-electron chi connectivity index (χ0n) is 8.91. The van der Waals surface area contributed by atoms with Gasteiger partial charge in [-0.05, 0) is 0 Å². The number of nitrogens with zero attached hydrogens (tertiary/aromatic N) is 3. The molecule has 1 aliphatic heterocycles. The summed E-state index contributed by atoms with van der Waals surface area (Å²) in [5.41, 5.74) is -0.206. The van der Waals surface area contributed by atoms with Crippen LogP contribution >= 0.6 is 0 Å². The number of hydrogen-bond acceptors (Lipinski definition) is 5. The smallest absolute Gasteiger partial charge is 0.356 e. The zero-order chi connectivity index (χ0) is 12.4. The topological polar surface area (TPSA) is 104 Å². The lowest BCUT2D eigenvalue weighted by Gasteiger charge is -2.14. The van der Waals surface area contributed by atoms with Gasteiger partial charge in [0, 0.05) is 25.5 Å². The SMILES string of the molecule is O=C(O)c1cncc(N2CC(CO)CC2=O)n1. The molecule has 2 heterocycles. The van der Waals surface area contributed by atoms with Gasteiger partial charge in [0.2, 0.25) is 5.91 Å². The molecule has 1 aliphatic rings. The first kappa shape index (κ1) is 11.5. The predicted octanol–water partition coefficient (Wildman–Crippen LogP) is -0.480. The van der Waals surface area contributed by atoms with Crippen molar-refractivity contribution in [3.05, 3.63) is 18.1 Å². The van der Waals surface area contributed by atoms with Crippen molar-refractivity contribution in [1.29, 1.82) is 0 Å².